The fourth-order valence-electron chi connectivity index (χ4n) is 3.83. The van der Waals surface area contributed by atoms with Crippen molar-refractivity contribution in [3.05, 3.63) is 59.7 Å². The van der Waals surface area contributed by atoms with Crippen molar-refractivity contribution in [2.75, 3.05) is 47.0 Å². The molecule has 1 aliphatic heterocycles. The Bertz CT molecular complexity index is 826. The third-order valence-corrected chi connectivity index (χ3v) is 5.50. The van der Waals surface area contributed by atoms with Crippen LogP contribution in [0.2, 0.25) is 0 Å². The van der Waals surface area contributed by atoms with Gasteiger partial charge in [0.25, 0.3) is 0 Å². The molecule has 6 nitrogen and oxygen atoms in total. The third-order valence-electron chi connectivity index (χ3n) is 5.50. The molecular weight excluding hydrogens is 390 g/mol. The second-order valence-electron chi connectivity index (χ2n) is 7.78. The lowest BCUT2D eigenvalue weighted by molar-refractivity contribution is 0.0907. The second kappa shape index (κ2) is 12.2. The predicted molar refractivity (Wildman–Crippen MR) is 125 cm³/mol. The minimum atomic E-state index is 0.540. The molecule has 2 aromatic rings. The van der Waals surface area contributed by atoms with Crippen molar-refractivity contribution in [3.8, 4) is 11.5 Å². The van der Waals surface area contributed by atoms with Crippen molar-refractivity contribution >= 4 is 5.96 Å². The van der Waals surface area contributed by atoms with Crippen molar-refractivity contribution in [2.24, 2.45) is 10.9 Å². The van der Waals surface area contributed by atoms with Crippen LogP contribution in [0.4, 0.5) is 0 Å². The van der Waals surface area contributed by atoms with Crippen LogP contribution in [0.5, 0.6) is 11.5 Å². The van der Waals surface area contributed by atoms with Crippen LogP contribution in [0.25, 0.3) is 0 Å². The van der Waals surface area contributed by atoms with E-state index in [-0.39, 0.29) is 0 Å². The van der Waals surface area contributed by atoms with Gasteiger partial charge in [-0.3, -0.25) is 4.99 Å². The Morgan fingerprint density at radius 3 is 2.61 bits per heavy atom. The summed E-state index contributed by atoms with van der Waals surface area (Å²) in [5.74, 6) is 3.04. The Labute approximate surface area is 186 Å². The molecule has 0 aliphatic carbocycles. The molecule has 0 bridgehead atoms. The topological polar surface area (TPSA) is 55.3 Å². The smallest absolute Gasteiger partial charge is 0.193 e. The third kappa shape index (κ3) is 6.89. The number of ether oxygens (including phenoxy) is 3. The molecule has 0 radical (unpaired) electrons. The minimum Gasteiger partial charge on any atom is -0.493 e. The fourth-order valence-corrected chi connectivity index (χ4v) is 3.83. The Kier molecular flexibility index (Phi) is 9.03. The van der Waals surface area contributed by atoms with E-state index < -0.39 is 0 Å². The Morgan fingerprint density at radius 1 is 1.06 bits per heavy atom. The molecule has 0 aromatic heterocycles. The van der Waals surface area contributed by atoms with Crippen LogP contribution < -0.4 is 14.8 Å². The zero-order valence-corrected chi connectivity index (χ0v) is 19.0. The number of likely N-dealkylation sites (tertiary alicyclic amines) is 1. The average molecular weight is 426 g/mol. The minimum absolute atomic E-state index is 0.540. The van der Waals surface area contributed by atoms with E-state index in [4.69, 9.17) is 19.2 Å². The van der Waals surface area contributed by atoms with Gasteiger partial charge in [-0.2, -0.15) is 0 Å². The standard InChI is InChI=1S/C25H35N3O3/c1-4-26-25(27-14-12-20-10-11-23(29-2)24(16-20)30-3)28-15-13-22(17-28)19-31-18-21-8-6-5-7-9-21/h5-11,16,22H,4,12-15,17-19H2,1-3H3,(H,26,27). The van der Waals surface area contributed by atoms with Crippen LogP contribution in [-0.2, 0) is 17.8 Å². The first kappa shape index (κ1) is 22.9. The van der Waals surface area contributed by atoms with E-state index in [1.807, 2.05) is 18.2 Å². The largest absolute Gasteiger partial charge is 0.493 e. The Balaban J connectivity index is 1.49. The lowest BCUT2D eigenvalue weighted by Crippen LogP contribution is -2.40. The first-order valence-electron chi connectivity index (χ1n) is 11.1. The molecule has 31 heavy (non-hydrogen) atoms. The molecule has 1 atom stereocenters. The molecule has 1 saturated heterocycles. The van der Waals surface area contributed by atoms with E-state index >= 15 is 0 Å². The number of guanidine groups is 1. The number of benzene rings is 2. The van der Waals surface area contributed by atoms with Gasteiger partial charge >= 0.3 is 0 Å². The molecule has 0 saturated carbocycles. The van der Waals surface area contributed by atoms with Crippen molar-refractivity contribution in [2.45, 2.75) is 26.4 Å². The van der Waals surface area contributed by atoms with Crippen molar-refractivity contribution in [3.63, 3.8) is 0 Å². The van der Waals surface area contributed by atoms with Crippen LogP contribution in [0, 0.1) is 5.92 Å². The summed E-state index contributed by atoms with van der Waals surface area (Å²) in [6.07, 6.45) is 1.99. The summed E-state index contributed by atoms with van der Waals surface area (Å²) < 4.78 is 16.7. The second-order valence-corrected chi connectivity index (χ2v) is 7.78. The number of hydrogen-bond acceptors (Lipinski definition) is 4. The molecule has 0 amide bonds. The highest BCUT2D eigenvalue weighted by Crippen LogP contribution is 2.27. The lowest BCUT2D eigenvalue weighted by Gasteiger charge is -2.21. The Morgan fingerprint density at radius 2 is 1.87 bits per heavy atom. The van der Waals surface area contributed by atoms with Crippen molar-refractivity contribution in [1.82, 2.24) is 10.2 Å². The molecule has 1 N–H and O–H groups in total. The van der Waals surface area contributed by atoms with E-state index in [1.165, 1.54) is 11.1 Å². The van der Waals surface area contributed by atoms with Gasteiger partial charge in [-0.05, 0) is 43.0 Å². The zero-order chi connectivity index (χ0) is 21.9. The number of nitrogens with one attached hydrogen (secondary N) is 1. The lowest BCUT2D eigenvalue weighted by atomic mass is 10.1. The van der Waals surface area contributed by atoms with E-state index in [2.05, 4.69) is 47.5 Å². The van der Waals surface area contributed by atoms with E-state index in [1.54, 1.807) is 14.2 Å². The number of rotatable bonds is 10. The summed E-state index contributed by atoms with van der Waals surface area (Å²) >= 11 is 0. The van der Waals surface area contributed by atoms with Gasteiger partial charge < -0.3 is 24.4 Å². The van der Waals surface area contributed by atoms with E-state index in [0.29, 0.717) is 12.5 Å². The van der Waals surface area contributed by atoms with Gasteiger partial charge in [0.2, 0.25) is 0 Å². The molecule has 3 rings (SSSR count). The van der Waals surface area contributed by atoms with E-state index in [0.717, 1.165) is 63.1 Å². The molecule has 1 aliphatic rings. The van der Waals surface area contributed by atoms with Crippen LogP contribution in [0.1, 0.15) is 24.5 Å². The van der Waals surface area contributed by atoms with Gasteiger partial charge in [0.05, 0.1) is 27.4 Å². The highest BCUT2D eigenvalue weighted by Gasteiger charge is 2.25. The first-order valence-corrected chi connectivity index (χ1v) is 11.1. The number of nitrogens with zero attached hydrogens (tertiary/aromatic N) is 2. The molecule has 1 unspecified atom stereocenters. The summed E-state index contributed by atoms with van der Waals surface area (Å²) in [4.78, 5) is 7.23. The normalized spacial score (nSPS) is 16.4. The van der Waals surface area contributed by atoms with Gasteiger partial charge in [0.15, 0.2) is 17.5 Å². The van der Waals surface area contributed by atoms with Gasteiger partial charge in [-0.25, -0.2) is 0 Å². The predicted octanol–water partition coefficient (Wildman–Crippen LogP) is 3.75. The summed E-state index contributed by atoms with van der Waals surface area (Å²) in [5, 5.41) is 3.44. The molecule has 0 spiro atoms. The number of methoxy groups -OCH3 is 2. The quantitative estimate of drug-likeness (QED) is 0.464. The monoisotopic (exact) mass is 425 g/mol. The Hall–Kier alpha value is -2.73. The van der Waals surface area contributed by atoms with E-state index in [9.17, 15) is 0 Å². The number of hydrogen-bond donors (Lipinski definition) is 1. The molecule has 1 heterocycles. The highest BCUT2D eigenvalue weighted by molar-refractivity contribution is 5.80. The maximum absolute atomic E-state index is 5.96. The van der Waals surface area contributed by atoms with Gasteiger partial charge in [0, 0.05) is 32.1 Å². The number of aliphatic imine (C=N–C) groups is 1. The molecular formula is C25H35N3O3. The molecule has 6 heteroatoms. The summed E-state index contributed by atoms with van der Waals surface area (Å²) in [6, 6.07) is 16.4. The zero-order valence-electron chi connectivity index (χ0n) is 19.0. The van der Waals surface area contributed by atoms with Crippen molar-refractivity contribution in [1.29, 1.82) is 0 Å². The summed E-state index contributed by atoms with van der Waals surface area (Å²) in [6.45, 7) is 7.16. The average Bonchev–Trinajstić information content (AvgIpc) is 3.28. The maximum Gasteiger partial charge on any atom is 0.193 e. The van der Waals surface area contributed by atoms with Crippen LogP contribution in [-0.4, -0.2) is 57.9 Å². The highest BCUT2D eigenvalue weighted by atomic mass is 16.5. The summed E-state index contributed by atoms with van der Waals surface area (Å²) in [5.41, 5.74) is 2.41. The fraction of sp³-hybridized carbons (Fsp3) is 0.480. The summed E-state index contributed by atoms with van der Waals surface area (Å²) in [7, 11) is 3.32. The van der Waals surface area contributed by atoms with Crippen LogP contribution >= 0.6 is 0 Å². The molecule has 1 fully saturated rings. The van der Waals surface area contributed by atoms with Gasteiger partial charge in [0.1, 0.15) is 0 Å². The first-order chi connectivity index (χ1) is 15.2. The van der Waals surface area contributed by atoms with Gasteiger partial charge in [-0.1, -0.05) is 36.4 Å². The van der Waals surface area contributed by atoms with Crippen LogP contribution in [0.3, 0.4) is 0 Å². The van der Waals surface area contributed by atoms with Crippen molar-refractivity contribution < 1.29 is 14.2 Å². The van der Waals surface area contributed by atoms with Gasteiger partial charge in [-0.15, -0.1) is 0 Å². The maximum atomic E-state index is 5.96. The molecule has 168 valence electrons. The van der Waals surface area contributed by atoms with Crippen LogP contribution in [0.15, 0.2) is 53.5 Å². The molecule has 2 aromatic carbocycles. The SMILES string of the molecule is CCNC(=NCCc1ccc(OC)c(OC)c1)N1CCC(COCc2ccccc2)C1.